The summed E-state index contributed by atoms with van der Waals surface area (Å²) in [6, 6.07) is 0. The predicted molar refractivity (Wildman–Crippen MR) is 69.7 cm³/mol. The summed E-state index contributed by atoms with van der Waals surface area (Å²) in [5.41, 5.74) is 4.60. The molecule has 0 aromatic heterocycles. The van der Waals surface area contributed by atoms with Crippen LogP contribution in [0.15, 0.2) is 22.5 Å². The highest BCUT2D eigenvalue weighted by molar-refractivity contribution is 5.43. The molecule has 0 saturated heterocycles. The van der Waals surface area contributed by atoms with Crippen molar-refractivity contribution in [1.82, 2.24) is 0 Å². The van der Waals surface area contributed by atoms with Crippen LogP contribution in [-0.2, 0) is 4.74 Å². The van der Waals surface area contributed by atoms with E-state index in [1.54, 1.807) is 5.57 Å². The standard InChI is InChI=1S/C16H22O2/c17-16-9-3-6-13(16)10-12-7-8-14(15(12)18-16)11-4-1-2-5-11/h13,17H,1-10H2. The van der Waals surface area contributed by atoms with E-state index in [1.165, 1.54) is 49.7 Å². The Morgan fingerprint density at radius 2 is 1.83 bits per heavy atom. The molecule has 2 saturated carbocycles. The van der Waals surface area contributed by atoms with Gasteiger partial charge in [0.1, 0.15) is 5.76 Å². The number of hydrogen-bond acceptors (Lipinski definition) is 2. The van der Waals surface area contributed by atoms with Crippen molar-refractivity contribution in [3.05, 3.63) is 22.5 Å². The van der Waals surface area contributed by atoms with E-state index in [2.05, 4.69) is 0 Å². The van der Waals surface area contributed by atoms with Gasteiger partial charge in [0.05, 0.1) is 0 Å². The predicted octanol–water partition coefficient (Wildman–Crippen LogP) is 3.81. The highest BCUT2D eigenvalue weighted by Crippen LogP contribution is 2.52. The van der Waals surface area contributed by atoms with Gasteiger partial charge in [0.25, 0.3) is 0 Å². The van der Waals surface area contributed by atoms with Crippen molar-refractivity contribution in [3.63, 3.8) is 0 Å². The van der Waals surface area contributed by atoms with Crippen LogP contribution in [0.25, 0.3) is 0 Å². The Labute approximate surface area is 109 Å². The van der Waals surface area contributed by atoms with Crippen molar-refractivity contribution in [3.8, 4) is 0 Å². The molecule has 0 spiro atoms. The molecule has 1 aliphatic heterocycles. The molecule has 0 aromatic rings. The molecule has 2 fully saturated rings. The van der Waals surface area contributed by atoms with Gasteiger partial charge in [0, 0.05) is 12.3 Å². The van der Waals surface area contributed by atoms with Crippen molar-refractivity contribution < 1.29 is 9.84 Å². The molecular weight excluding hydrogens is 224 g/mol. The molecule has 1 heterocycles. The fraction of sp³-hybridized carbons (Fsp3) is 0.750. The molecule has 0 amide bonds. The zero-order valence-electron chi connectivity index (χ0n) is 11.0. The molecule has 0 aromatic carbocycles. The minimum Gasteiger partial charge on any atom is -0.462 e. The summed E-state index contributed by atoms with van der Waals surface area (Å²) in [7, 11) is 0. The second-order valence-corrected chi connectivity index (χ2v) is 6.46. The van der Waals surface area contributed by atoms with Crippen LogP contribution in [0.5, 0.6) is 0 Å². The molecule has 4 rings (SSSR count). The third-order valence-electron chi connectivity index (χ3n) is 5.40. The fourth-order valence-corrected chi connectivity index (χ4v) is 4.39. The van der Waals surface area contributed by atoms with Crippen LogP contribution in [0.3, 0.4) is 0 Å². The zero-order chi connectivity index (χ0) is 12.2. The number of fused-ring (bicyclic) bond motifs is 1. The number of hydrogen-bond donors (Lipinski definition) is 1. The van der Waals surface area contributed by atoms with Crippen molar-refractivity contribution >= 4 is 0 Å². The van der Waals surface area contributed by atoms with E-state index in [0.29, 0.717) is 5.92 Å². The van der Waals surface area contributed by atoms with Gasteiger partial charge < -0.3 is 9.84 Å². The highest BCUT2D eigenvalue weighted by Gasteiger charge is 2.49. The third kappa shape index (κ3) is 1.51. The van der Waals surface area contributed by atoms with Gasteiger partial charge in [-0.1, -0.05) is 5.57 Å². The molecule has 0 radical (unpaired) electrons. The lowest BCUT2D eigenvalue weighted by molar-refractivity contribution is -0.205. The van der Waals surface area contributed by atoms with E-state index in [9.17, 15) is 5.11 Å². The van der Waals surface area contributed by atoms with E-state index < -0.39 is 5.79 Å². The van der Waals surface area contributed by atoms with Crippen LogP contribution in [0.1, 0.15) is 64.2 Å². The van der Waals surface area contributed by atoms with E-state index in [4.69, 9.17) is 4.74 Å². The van der Waals surface area contributed by atoms with Crippen molar-refractivity contribution in [2.75, 3.05) is 0 Å². The summed E-state index contributed by atoms with van der Waals surface area (Å²) in [4.78, 5) is 0. The van der Waals surface area contributed by atoms with Gasteiger partial charge >= 0.3 is 0 Å². The van der Waals surface area contributed by atoms with Gasteiger partial charge in [0.15, 0.2) is 0 Å². The maximum Gasteiger partial charge on any atom is 0.211 e. The maximum absolute atomic E-state index is 10.6. The smallest absolute Gasteiger partial charge is 0.211 e. The summed E-state index contributed by atoms with van der Waals surface area (Å²) < 4.78 is 6.12. The van der Waals surface area contributed by atoms with E-state index in [-0.39, 0.29) is 0 Å². The molecule has 3 aliphatic carbocycles. The molecular formula is C16H22O2. The quantitative estimate of drug-likeness (QED) is 0.704. The van der Waals surface area contributed by atoms with Crippen LogP contribution in [-0.4, -0.2) is 10.9 Å². The first-order valence-electron chi connectivity index (χ1n) is 7.61. The Morgan fingerprint density at radius 1 is 1.00 bits per heavy atom. The molecule has 4 aliphatic rings. The van der Waals surface area contributed by atoms with Crippen LogP contribution < -0.4 is 0 Å². The van der Waals surface area contributed by atoms with Crippen molar-refractivity contribution in [1.29, 1.82) is 0 Å². The molecule has 2 atom stereocenters. The monoisotopic (exact) mass is 246 g/mol. The van der Waals surface area contributed by atoms with Gasteiger partial charge in [-0.05, 0) is 68.9 Å². The maximum atomic E-state index is 10.6. The first kappa shape index (κ1) is 11.1. The van der Waals surface area contributed by atoms with Gasteiger partial charge in [-0.2, -0.15) is 0 Å². The lowest BCUT2D eigenvalue weighted by Gasteiger charge is -2.36. The van der Waals surface area contributed by atoms with Crippen LogP contribution >= 0.6 is 0 Å². The van der Waals surface area contributed by atoms with E-state index >= 15 is 0 Å². The molecule has 2 nitrogen and oxygen atoms in total. The Hall–Kier alpha value is -0.760. The van der Waals surface area contributed by atoms with Gasteiger partial charge in [0.2, 0.25) is 5.79 Å². The lowest BCUT2D eigenvalue weighted by atomic mass is 9.90. The summed E-state index contributed by atoms with van der Waals surface area (Å²) >= 11 is 0. The van der Waals surface area contributed by atoms with Crippen LogP contribution in [0.2, 0.25) is 0 Å². The molecule has 18 heavy (non-hydrogen) atoms. The summed E-state index contributed by atoms with van der Waals surface area (Å²) in [6.07, 6.45) is 11.7. The summed E-state index contributed by atoms with van der Waals surface area (Å²) in [5.74, 6) is 0.657. The molecule has 1 N–H and O–H groups in total. The normalized spacial score (nSPS) is 39.1. The second-order valence-electron chi connectivity index (χ2n) is 6.46. The van der Waals surface area contributed by atoms with Gasteiger partial charge in [-0.3, -0.25) is 0 Å². The minimum absolute atomic E-state index is 0.365. The van der Waals surface area contributed by atoms with Crippen molar-refractivity contribution in [2.24, 2.45) is 5.92 Å². The van der Waals surface area contributed by atoms with Gasteiger partial charge in [-0.15, -0.1) is 0 Å². The molecule has 2 unspecified atom stereocenters. The fourth-order valence-electron chi connectivity index (χ4n) is 4.39. The Balaban J connectivity index is 1.70. The Bertz CT molecular complexity index is 438. The number of rotatable bonds is 0. The average Bonchev–Trinajstić information content (AvgIpc) is 3.02. The van der Waals surface area contributed by atoms with Crippen LogP contribution in [0, 0.1) is 5.92 Å². The average molecular weight is 246 g/mol. The number of ether oxygens (including phenoxy) is 1. The Morgan fingerprint density at radius 3 is 2.67 bits per heavy atom. The second kappa shape index (κ2) is 3.86. The molecule has 0 bridgehead atoms. The third-order valence-corrected chi connectivity index (χ3v) is 5.40. The summed E-state index contributed by atoms with van der Waals surface area (Å²) in [5, 5.41) is 10.6. The van der Waals surface area contributed by atoms with Crippen LogP contribution in [0.4, 0.5) is 0 Å². The first-order valence-corrected chi connectivity index (χ1v) is 7.61. The highest BCUT2D eigenvalue weighted by atomic mass is 16.6. The SMILES string of the molecule is OC12CCCC1CC1=C(O2)C(=C2CCCC2)CC1. The zero-order valence-corrected chi connectivity index (χ0v) is 11.0. The van der Waals surface area contributed by atoms with Crippen molar-refractivity contribution in [2.45, 2.75) is 70.0 Å². The topological polar surface area (TPSA) is 29.5 Å². The number of aliphatic hydroxyl groups is 1. The summed E-state index contributed by atoms with van der Waals surface area (Å²) in [6.45, 7) is 0. The Kier molecular flexibility index (Phi) is 2.38. The largest absolute Gasteiger partial charge is 0.462 e. The van der Waals surface area contributed by atoms with Gasteiger partial charge in [-0.25, -0.2) is 0 Å². The first-order chi connectivity index (χ1) is 8.76. The number of allylic oxidation sites excluding steroid dienone is 3. The molecule has 2 heteroatoms. The molecule has 98 valence electrons. The minimum atomic E-state index is -0.826. The lowest BCUT2D eigenvalue weighted by Crippen LogP contribution is -2.39. The van der Waals surface area contributed by atoms with E-state index in [0.717, 1.165) is 31.4 Å². The van der Waals surface area contributed by atoms with E-state index in [1.807, 2.05) is 0 Å².